The number of rotatable bonds is 3. The van der Waals surface area contributed by atoms with Gasteiger partial charge in [0.15, 0.2) is 0 Å². The summed E-state index contributed by atoms with van der Waals surface area (Å²) in [6.07, 6.45) is -0.754. The zero-order valence-electron chi connectivity index (χ0n) is 10.0. The van der Waals surface area contributed by atoms with Gasteiger partial charge in [-0.25, -0.2) is 4.39 Å². The van der Waals surface area contributed by atoms with Gasteiger partial charge in [-0.2, -0.15) is 0 Å². The lowest BCUT2D eigenvalue weighted by Gasteiger charge is -2.12. The number of hydrogen-bond donors (Lipinski definition) is 1. The van der Waals surface area contributed by atoms with Crippen LogP contribution >= 0.6 is 35.0 Å². The molecular formula is C14H11Cl2FOS. The molecule has 0 spiro atoms. The minimum Gasteiger partial charge on any atom is -0.389 e. The maximum atomic E-state index is 13.2. The molecule has 1 atom stereocenters. The third-order valence-electron chi connectivity index (χ3n) is 2.54. The van der Waals surface area contributed by atoms with Crippen LogP contribution in [0, 0.1) is 5.82 Å². The van der Waals surface area contributed by atoms with E-state index in [0.29, 0.717) is 15.6 Å². The summed E-state index contributed by atoms with van der Waals surface area (Å²) in [6, 6.07) is 9.45. The van der Waals surface area contributed by atoms with Gasteiger partial charge in [0, 0.05) is 14.8 Å². The number of benzene rings is 2. The van der Waals surface area contributed by atoms with Crippen molar-refractivity contribution in [2.75, 3.05) is 0 Å². The van der Waals surface area contributed by atoms with Crippen molar-refractivity contribution >= 4 is 35.0 Å². The first-order chi connectivity index (χ1) is 8.97. The van der Waals surface area contributed by atoms with Crippen LogP contribution in [0.2, 0.25) is 10.0 Å². The summed E-state index contributed by atoms with van der Waals surface area (Å²) >= 11 is 13.4. The molecule has 0 bridgehead atoms. The highest BCUT2D eigenvalue weighted by Gasteiger charge is 2.12. The van der Waals surface area contributed by atoms with Crippen LogP contribution in [0.3, 0.4) is 0 Å². The first-order valence-electron chi connectivity index (χ1n) is 5.58. The van der Waals surface area contributed by atoms with Gasteiger partial charge in [0.25, 0.3) is 0 Å². The van der Waals surface area contributed by atoms with Crippen LogP contribution in [0.25, 0.3) is 0 Å². The Bertz CT molecular complexity index is 602. The van der Waals surface area contributed by atoms with Gasteiger partial charge in [-0.1, -0.05) is 35.0 Å². The fourth-order valence-corrected chi connectivity index (χ4v) is 3.15. The maximum absolute atomic E-state index is 13.2. The van der Waals surface area contributed by atoms with Gasteiger partial charge < -0.3 is 5.11 Å². The van der Waals surface area contributed by atoms with E-state index in [2.05, 4.69) is 0 Å². The fraction of sp³-hybridized carbons (Fsp3) is 0.143. The average molecular weight is 317 g/mol. The third kappa shape index (κ3) is 3.63. The van der Waals surface area contributed by atoms with Crippen LogP contribution in [0.4, 0.5) is 4.39 Å². The monoisotopic (exact) mass is 316 g/mol. The summed E-state index contributed by atoms with van der Waals surface area (Å²) in [6.45, 7) is 1.60. The molecule has 0 radical (unpaired) electrons. The van der Waals surface area contributed by atoms with E-state index in [1.807, 2.05) is 0 Å². The third-order valence-corrected chi connectivity index (χ3v) is 4.36. The van der Waals surface area contributed by atoms with Crippen molar-refractivity contribution in [3.63, 3.8) is 0 Å². The highest BCUT2D eigenvalue weighted by atomic mass is 35.5. The normalized spacial score (nSPS) is 12.5. The van der Waals surface area contributed by atoms with E-state index in [4.69, 9.17) is 23.2 Å². The molecule has 2 aromatic carbocycles. The SMILES string of the molecule is C[C@@H](O)c1cc(F)ccc1Sc1cc(Cl)ccc1Cl. The Morgan fingerprint density at radius 1 is 1.11 bits per heavy atom. The molecule has 0 saturated heterocycles. The van der Waals surface area contributed by atoms with Crippen molar-refractivity contribution in [2.45, 2.75) is 22.8 Å². The van der Waals surface area contributed by atoms with E-state index in [1.54, 1.807) is 31.2 Å². The van der Waals surface area contributed by atoms with Gasteiger partial charge in [-0.05, 0) is 48.9 Å². The highest BCUT2D eigenvalue weighted by molar-refractivity contribution is 7.99. The van der Waals surface area contributed by atoms with Gasteiger partial charge in [0.2, 0.25) is 0 Å². The quantitative estimate of drug-likeness (QED) is 0.825. The van der Waals surface area contributed by atoms with Crippen LogP contribution in [0.5, 0.6) is 0 Å². The van der Waals surface area contributed by atoms with Crippen LogP contribution in [-0.4, -0.2) is 5.11 Å². The Labute approximate surface area is 125 Å². The van der Waals surface area contributed by atoms with Crippen molar-refractivity contribution in [1.82, 2.24) is 0 Å². The summed E-state index contributed by atoms with van der Waals surface area (Å²) in [5.74, 6) is -0.377. The van der Waals surface area contributed by atoms with Gasteiger partial charge >= 0.3 is 0 Å². The lowest BCUT2D eigenvalue weighted by Crippen LogP contribution is -1.95. The zero-order chi connectivity index (χ0) is 14.0. The molecule has 0 aliphatic heterocycles. The van der Waals surface area contributed by atoms with Crippen molar-refractivity contribution in [3.05, 3.63) is 57.8 Å². The minimum absolute atomic E-state index is 0.377. The molecule has 2 rings (SSSR count). The second kappa shape index (κ2) is 6.14. The molecular weight excluding hydrogens is 306 g/mol. The van der Waals surface area contributed by atoms with Gasteiger partial charge in [0.1, 0.15) is 5.82 Å². The Hall–Kier alpha value is -0.740. The van der Waals surface area contributed by atoms with Crippen LogP contribution in [-0.2, 0) is 0 Å². The molecule has 1 nitrogen and oxygen atoms in total. The average Bonchev–Trinajstić information content (AvgIpc) is 2.35. The Balaban J connectivity index is 2.40. The Morgan fingerprint density at radius 2 is 1.84 bits per heavy atom. The molecule has 0 aromatic heterocycles. The van der Waals surface area contributed by atoms with Crippen LogP contribution < -0.4 is 0 Å². The fourth-order valence-electron chi connectivity index (χ4n) is 1.61. The van der Waals surface area contributed by atoms with Gasteiger partial charge in [0.05, 0.1) is 11.1 Å². The second-order valence-electron chi connectivity index (χ2n) is 4.03. The molecule has 2 aromatic rings. The number of halogens is 3. The number of aliphatic hydroxyl groups is 1. The van der Waals surface area contributed by atoms with E-state index in [0.717, 1.165) is 9.79 Å². The van der Waals surface area contributed by atoms with E-state index in [9.17, 15) is 9.50 Å². The van der Waals surface area contributed by atoms with Crippen LogP contribution in [0.1, 0.15) is 18.6 Å². The number of hydrogen-bond acceptors (Lipinski definition) is 2. The predicted octanol–water partition coefficient (Wildman–Crippen LogP) is 5.34. The minimum atomic E-state index is -0.754. The predicted molar refractivity (Wildman–Crippen MR) is 77.6 cm³/mol. The second-order valence-corrected chi connectivity index (χ2v) is 5.96. The highest BCUT2D eigenvalue weighted by Crippen LogP contribution is 2.38. The van der Waals surface area contributed by atoms with Crippen molar-refractivity contribution < 1.29 is 9.50 Å². The van der Waals surface area contributed by atoms with Crippen LogP contribution in [0.15, 0.2) is 46.2 Å². The van der Waals surface area contributed by atoms with Crippen molar-refractivity contribution in [3.8, 4) is 0 Å². The lowest BCUT2D eigenvalue weighted by molar-refractivity contribution is 0.196. The largest absolute Gasteiger partial charge is 0.389 e. The van der Waals surface area contributed by atoms with E-state index in [-0.39, 0.29) is 5.82 Å². The van der Waals surface area contributed by atoms with Gasteiger partial charge in [-0.3, -0.25) is 0 Å². The van der Waals surface area contributed by atoms with E-state index in [1.165, 1.54) is 23.9 Å². The molecule has 0 saturated carbocycles. The van der Waals surface area contributed by atoms with E-state index >= 15 is 0 Å². The molecule has 0 unspecified atom stereocenters. The first kappa shape index (κ1) is 14.7. The molecule has 5 heteroatoms. The van der Waals surface area contributed by atoms with Gasteiger partial charge in [-0.15, -0.1) is 0 Å². The molecule has 0 fully saturated rings. The lowest BCUT2D eigenvalue weighted by atomic mass is 10.1. The maximum Gasteiger partial charge on any atom is 0.123 e. The van der Waals surface area contributed by atoms with E-state index < -0.39 is 6.10 Å². The molecule has 100 valence electrons. The summed E-state index contributed by atoms with van der Waals surface area (Å²) in [4.78, 5) is 1.52. The molecule has 0 amide bonds. The Morgan fingerprint density at radius 3 is 2.53 bits per heavy atom. The summed E-state index contributed by atoms with van der Waals surface area (Å²) in [5.41, 5.74) is 0.529. The number of aliphatic hydroxyl groups excluding tert-OH is 1. The summed E-state index contributed by atoms with van der Waals surface area (Å²) in [5, 5.41) is 10.8. The topological polar surface area (TPSA) is 20.2 Å². The first-order valence-corrected chi connectivity index (χ1v) is 7.15. The smallest absolute Gasteiger partial charge is 0.123 e. The Kier molecular flexibility index (Phi) is 4.74. The van der Waals surface area contributed by atoms with Crippen molar-refractivity contribution in [1.29, 1.82) is 0 Å². The summed E-state index contributed by atoms with van der Waals surface area (Å²) < 4.78 is 13.2. The molecule has 0 aliphatic carbocycles. The molecule has 19 heavy (non-hydrogen) atoms. The molecule has 0 aliphatic rings. The standard InChI is InChI=1S/C14H11Cl2FOS/c1-8(18)11-7-10(17)3-5-13(11)19-14-6-9(15)2-4-12(14)16/h2-8,18H,1H3/t8-/m1/s1. The summed E-state index contributed by atoms with van der Waals surface area (Å²) in [7, 11) is 0. The zero-order valence-corrected chi connectivity index (χ0v) is 12.4. The molecule has 0 heterocycles. The molecule has 1 N–H and O–H groups in total. The van der Waals surface area contributed by atoms with Crippen molar-refractivity contribution in [2.24, 2.45) is 0 Å².